The molecule has 0 spiro atoms. The Morgan fingerprint density at radius 1 is 1.00 bits per heavy atom. The molecule has 0 saturated carbocycles. The topological polar surface area (TPSA) is 80.4 Å². The van der Waals surface area contributed by atoms with Crippen molar-refractivity contribution in [2.45, 2.75) is 71.1 Å². The van der Waals surface area contributed by atoms with Crippen molar-refractivity contribution < 1.29 is 14.7 Å². The average molecular weight is 271 g/mol. The van der Waals surface area contributed by atoms with E-state index in [9.17, 15) is 9.59 Å². The molecule has 4 nitrogen and oxygen atoms in total. The van der Waals surface area contributed by atoms with Gasteiger partial charge in [0, 0.05) is 6.42 Å². The monoisotopic (exact) mass is 271 g/mol. The van der Waals surface area contributed by atoms with E-state index in [2.05, 4.69) is 6.92 Å². The van der Waals surface area contributed by atoms with Crippen LogP contribution in [0.3, 0.4) is 0 Å². The fourth-order valence-corrected chi connectivity index (χ4v) is 2.20. The summed E-state index contributed by atoms with van der Waals surface area (Å²) < 4.78 is 0. The predicted molar refractivity (Wildman–Crippen MR) is 77.0 cm³/mol. The highest BCUT2D eigenvalue weighted by atomic mass is 16.4. The summed E-state index contributed by atoms with van der Waals surface area (Å²) in [7, 11) is 0. The van der Waals surface area contributed by atoms with Crippen LogP contribution in [0, 0.1) is 5.92 Å². The maximum atomic E-state index is 11.7. The molecule has 0 aliphatic carbocycles. The molecular weight excluding hydrogens is 242 g/mol. The summed E-state index contributed by atoms with van der Waals surface area (Å²) in [5.74, 6) is -2.09. The zero-order valence-electron chi connectivity index (χ0n) is 12.2. The maximum Gasteiger partial charge on any atom is 0.314 e. The summed E-state index contributed by atoms with van der Waals surface area (Å²) in [4.78, 5) is 22.6. The highest BCUT2D eigenvalue weighted by Crippen LogP contribution is 2.13. The number of Topliss-reactive ketones (excluding diaryl/α,β-unsaturated/α-hetero) is 1. The Balaban J connectivity index is 3.58. The fraction of sp³-hybridized carbons (Fsp3) is 0.867. The molecule has 0 fully saturated rings. The number of carboxylic acids is 1. The lowest BCUT2D eigenvalue weighted by Gasteiger charge is -2.09. The van der Waals surface area contributed by atoms with Crippen LogP contribution in [-0.2, 0) is 9.59 Å². The number of aliphatic carboxylic acids is 1. The first kappa shape index (κ1) is 18.1. The van der Waals surface area contributed by atoms with Crippen molar-refractivity contribution in [3.63, 3.8) is 0 Å². The molecule has 0 saturated heterocycles. The van der Waals surface area contributed by atoms with Crippen molar-refractivity contribution in [1.82, 2.24) is 0 Å². The number of rotatable bonds is 13. The summed E-state index contributed by atoms with van der Waals surface area (Å²) in [6.07, 6.45) is 9.96. The van der Waals surface area contributed by atoms with Crippen molar-refractivity contribution >= 4 is 11.8 Å². The first-order chi connectivity index (χ1) is 9.13. The molecule has 0 amide bonds. The second-order valence-electron chi connectivity index (χ2n) is 5.16. The quantitative estimate of drug-likeness (QED) is 0.398. The van der Waals surface area contributed by atoms with Crippen LogP contribution in [0.5, 0.6) is 0 Å². The Kier molecular flexibility index (Phi) is 11.6. The summed E-state index contributed by atoms with van der Waals surface area (Å²) in [5.41, 5.74) is 5.32. The van der Waals surface area contributed by atoms with Gasteiger partial charge in [-0.1, -0.05) is 51.9 Å². The van der Waals surface area contributed by atoms with E-state index in [1.54, 1.807) is 0 Å². The summed E-state index contributed by atoms with van der Waals surface area (Å²) in [6.45, 7) is 2.45. The van der Waals surface area contributed by atoms with Crippen LogP contribution >= 0.6 is 0 Å². The van der Waals surface area contributed by atoms with Crippen LogP contribution in [0.25, 0.3) is 0 Å². The van der Waals surface area contributed by atoms with Crippen molar-refractivity contribution in [2.75, 3.05) is 6.54 Å². The number of carbonyl (C=O) groups is 2. The van der Waals surface area contributed by atoms with Crippen LogP contribution in [0.15, 0.2) is 0 Å². The molecule has 0 radical (unpaired) electrons. The highest BCUT2D eigenvalue weighted by Gasteiger charge is 2.24. The lowest BCUT2D eigenvalue weighted by Crippen LogP contribution is -2.26. The van der Waals surface area contributed by atoms with Gasteiger partial charge < -0.3 is 10.8 Å². The maximum absolute atomic E-state index is 11.7. The lowest BCUT2D eigenvalue weighted by atomic mass is 9.95. The average Bonchev–Trinajstić information content (AvgIpc) is 2.38. The third-order valence-corrected chi connectivity index (χ3v) is 3.42. The van der Waals surface area contributed by atoms with E-state index >= 15 is 0 Å². The first-order valence-electron chi connectivity index (χ1n) is 7.59. The Labute approximate surface area is 116 Å². The molecule has 0 aromatic heterocycles. The van der Waals surface area contributed by atoms with Crippen molar-refractivity contribution in [2.24, 2.45) is 11.7 Å². The Hall–Kier alpha value is -0.900. The van der Waals surface area contributed by atoms with Crippen LogP contribution in [-0.4, -0.2) is 23.4 Å². The van der Waals surface area contributed by atoms with E-state index in [0.717, 1.165) is 19.3 Å². The van der Waals surface area contributed by atoms with E-state index in [4.69, 9.17) is 10.8 Å². The number of unbranched alkanes of at least 4 members (excludes halogenated alkanes) is 7. The normalized spacial score (nSPS) is 12.3. The van der Waals surface area contributed by atoms with Gasteiger partial charge >= 0.3 is 5.97 Å². The molecule has 0 aliphatic rings. The zero-order valence-corrected chi connectivity index (χ0v) is 12.2. The molecule has 0 heterocycles. The van der Waals surface area contributed by atoms with Crippen LogP contribution in [0.2, 0.25) is 0 Å². The van der Waals surface area contributed by atoms with Gasteiger partial charge in [-0.15, -0.1) is 0 Å². The standard InChI is InChI=1S/C15H29NO3/c1-2-3-4-5-6-7-8-9-10-14(17)13(11-12-16)15(18)19/h13H,2-12,16H2,1H3,(H,18,19). The molecule has 0 aromatic rings. The number of hydrogen-bond donors (Lipinski definition) is 2. The van der Waals surface area contributed by atoms with Crippen molar-refractivity contribution in [3.8, 4) is 0 Å². The molecule has 19 heavy (non-hydrogen) atoms. The fourth-order valence-electron chi connectivity index (χ4n) is 2.20. The Morgan fingerprint density at radius 3 is 2.00 bits per heavy atom. The van der Waals surface area contributed by atoms with Gasteiger partial charge in [-0.2, -0.15) is 0 Å². The summed E-state index contributed by atoms with van der Waals surface area (Å²) in [6, 6.07) is 0. The van der Waals surface area contributed by atoms with Gasteiger partial charge in [0.25, 0.3) is 0 Å². The molecule has 0 rings (SSSR count). The molecule has 1 atom stereocenters. The van der Waals surface area contributed by atoms with Gasteiger partial charge in [0.15, 0.2) is 0 Å². The molecule has 0 aromatic carbocycles. The van der Waals surface area contributed by atoms with Crippen molar-refractivity contribution in [3.05, 3.63) is 0 Å². The molecular formula is C15H29NO3. The SMILES string of the molecule is CCCCCCCCCCC(=O)C(CCN)C(=O)O. The second kappa shape index (κ2) is 12.2. The Morgan fingerprint density at radius 2 is 1.53 bits per heavy atom. The Bertz CT molecular complexity index is 254. The number of hydrogen-bond acceptors (Lipinski definition) is 3. The van der Waals surface area contributed by atoms with Gasteiger partial charge in [0.2, 0.25) is 0 Å². The van der Waals surface area contributed by atoms with E-state index in [1.807, 2.05) is 0 Å². The smallest absolute Gasteiger partial charge is 0.314 e. The summed E-state index contributed by atoms with van der Waals surface area (Å²) >= 11 is 0. The highest BCUT2D eigenvalue weighted by molar-refractivity contribution is 5.98. The lowest BCUT2D eigenvalue weighted by molar-refractivity contribution is -0.146. The summed E-state index contributed by atoms with van der Waals surface area (Å²) in [5, 5.41) is 8.92. The van der Waals surface area contributed by atoms with Crippen LogP contribution in [0.1, 0.15) is 71.1 Å². The third kappa shape index (κ3) is 9.65. The minimum absolute atomic E-state index is 0.163. The van der Waals surface area contributed by atoms with E-state index in [1.165, 1.54) is 32.1 Å². The van der Waals surface area contributed by atoms with Gasteiger partial charge in [-0.25, -0.2) is 0 Å². The first-order valence-corrected chi connectivity index (χ1v) is 7.59. The molecule has 0 aliphatic heterocycles. The van der Waals surface area contributed by atoms with E-state index < -0.39 is 11.9 Å². The van der Waals surface area contributed by atoms with Crippen molar-refractivity contribution in [1.29, 1.82) is 0 Å². The number of carboxylic acid groups (broad SMARTS) is 1. The minimum atomic E-state index is -1.03. The number of carbonyl (C=O) groups excluding carboxylic acids is 1. The molecule has 0 bridgehead atoms. The van der Waals surface area contributed by atoms with E-state index in [0.29, 0.717) is 6.42 Å². The third-order valence-electron chi connectivity index (χ3n) is 3.42. The predicted octanol–water partition coefficient (Wildman–Crippen LogP) is 3.14. The molecule has 112 valence electrons. The molecule has 4 heteroatoms. The van der Waals surface area contributed by atoms with Gasteiger partial charge in [0.1, 0.15) is 11.7 Å². The number of nitrogens with two attached hydrogens (primary N) is 1. The van der Waals surface area contributed by atoms with Crippen LogP contribution in [0.4, 0.5) is 0 Å². The van der Waals surface area contributed by atoms with Gasteiger partial charge in [0.05, 0.1) is 0 Å². The molecule has 3 N–H and O–H groups in total. The van der Waals surface area contributed by atoms with E-state index in [-0.39, 0.29) is 18.7 Å². The minimum Gasteiger partial charge on any atom is -0.481 e. The van der Waals surface area contributed by atoms with Gasteiger partial charge in [-0.3, -0.25) is 9.59 Å². The van der Waals surface area contributed by atoms with Gasteiger partial charge in [-0.05, 0) is 19.4 Å². The number of ketones is 1. The largest absolute Gasteiger partial charge is 0.481 e. The second-order valence-corrected chi connectivity index (χ2v) is 5.16. The zero-order chi connectivity index (χ0) is 14.5. The molecule has 1 unspecified atom stereocenters. The van der Waals surface area contributed by atoms with Crippen LogP contribution < -0.4 is 5.73 Å².